The molecule has 7 heteroatoms. The van der Waals surface area contributed by atoms with E-state index in [4.69, 9.17) is 9.84 Å². The van der Waals surface area contributed by atoms with Crippen LogP contribution in [0, 0.1) is 5.92 Å². The fraction of sp³-hybridized carbons (Fsp3) is 0.375. The number of hydrogen-bond acceptors (Lipinski definition) is 4. The minimum absolute atomic E-state index is 0.0207. The van der Waals surface area contributed by atoms with Crippen LogP contribution in [0.1, 0.15) is 36.8 Å². The molecule has 1 heterocycles. The zero-order chi connectivity index (χ0) is 22.0. The van der Waals surface area contributed by atoms with E-state index >= 15 is 0 Å². The summed E-state index contributed by atoms with van der Waals surface area (Å²) in [6.07, 6.45) is 0.0122. The Hall–Kier alpha value is -3.35. The van der Waals surface area contributed by atoms with E-state index in [0.717, 1.165) is 22.3 Å². The molecule has 2 atom stereocenters. The number of rotatable bonds is 6. The molecule has 2 amide bonds. The number of nitrogens with one attached hydrogen (secondary N) is 1. The van der Waals surface area contributed by atoms with Gasteiger partial charge in [0.15, 0.2) is 0 Å². The molecule has 1 aliphatic carbocycles. The van der Waals surface area contributed by atoms with Crippen LogP contribution in [-0.2, 0) is 14.3 Å². The highest BCUT2D eigenvalue weighted by Crippen LogP contribution is 2.44. The van der Waals surface area contributed by atoms with E-state index in [2.05, 4.69) is 29.6 Å². The Morgan fingerprint density at radius 1 is 1.10 bits per heavy atom. The van der Waals surface area contributed by atoms with Crippen molar-refractivity contribution in [2.45, 2.75) is 31.7 Å². The standard InChI is InChI=1S/C24H26N2O5/c1-15(12-22(27)26-11-10-16(13-26)23(28)29)25-24(30)31-14-21-19-8-4-2-6-17(19)18-7-3-5-9-20(18)21/h2-9,15-16,21H,10-14H2,1H3,(H,25,30)(H,28,29)/t15-,16?/m0/s1. The second kappa shape index (κ2) is 8.79. The molecule has 0 aromatic heterocycles. The van der Waals surface area contributed by atoms with E-state index in [1.54, 1.807) is 11.8 Å². The third kappa shape index (κ3) is 4.40. The van der Waals surface area contributed by atoms with Gasteiger partial charge < -0.3 is 20.1 Å². The van der Waals surface area contributed by atoms with Crippen molar-refractivity contribution in [3.05, 3.63) is 59.7 Å². The molecule has 7 nitrogen and oxygen atoms in total. The van der Waals surface area contributed by atoms with Crippen LogP contribution in [0.3, 0.4) is 0 Å². The summed E-state index contributed by atoms with van der Waals surface area (Å²) in [5.74, 6) is -1.56. The smallest absolute Gasteiger partial charge is 0.407 e. The molecule has 1 aliphatic heterocycles. The number of benzene rings is 2. The molecule has 0 radical (unpaired) electrons. The summed E-state index contributed by atoms with van der Waals surface area (Å²) >= 11 is 0. The summed E-state index contributed by atoms with van der Waals surface area (Å²) in [5, 5.41) is 11.8. The lowest BCUT2D eigenvalue weighted by Gasteiger charge is -2.20. The van der Waals surface area contributed by atoms with Crippen molar-refractivity contribution >= 4 is 18.0 Å². The van der Waals surface area contributed by atoms with Gasteiger partial charge in [0.2, 0.25) is 5.91 Å². The van der Waals surface area contributed by atoms with Crippen LogP contribution in [0.2, 0.25) is 0 Å². The SMILES string of the molecule is C[C@@H](CC(=O)N1CCC(C(=O)O)C1)NC(=O)OCC1c2ccccc2-c2ccccc21. The Morgan fingerprint density at radius 3 is 2.29 bits per heavy atom. The number of amides is 2. The van der Waals surface area contributed by atoms with Gasteiger partial charge in [-0.25, -0.2) is 4.79 Å². The summed E-state index contributed by atoms with van der Waals surface area (Å²) in [7, 11) is 0. The monoisotopic (exact) mass is 422 g/mol. The van der Waals surface area contributed by atoms with Gasteiger partial charge in [-0.3, -0.25) is 9.59 Å². The van der Waals surface area contributed by atoms with Crippen LogP contribution in [0.15, 0.2) is 48.5 Å². The molecule has 31 heavy (non-hydrogen) atoms. The first kappa shape index (κ1) is 20.9. The minimum Gasteiger partial charge on any atom is -0.481 e. The van der Waals surface area contributed by atoms with Crippen molar-refractivity contribution < 1.29 is 24.2 Å². The normalized spacial score (nSPS) is 18.2. The molecular formula is C24H26N2O5. The van der Waals surface area contributed by atoms with E-state index in [1.807, 2.05) is 24.3 Å². The molecule has 4 rings (SSSR count). The molecule has 162 valence electrons. The number of nitrogens with zero attached hydrogens (tertiary/aromatic N) is 1. The Labute approximate surface area is 181 Å². The average Bonchev–Trinajstić information content (AvgIpc) is 3.36. The third-order valence-corrected chi connectivity index (χ3v) is 6.08. The number of carbonyl (C=O) groups excluding carboxylic acids is 2. The van der Waals surface area contributed by atoms with Gasteiger partial charge in [0.05, 0.1) is 5.92 Å². The molecule has 2 aromatic rings. The zero-order valence-corrected chi connectivity index (χ0v) is 17.4. The summed E-state index contributed by atoms with van der Waals surface area (Å²) in [6, 6.07) is 15.8. The van der Waals surface area contributed by atoms with Gasteiger partial charge in [0.1, 0.15) is 6.61 Å². The van der Waals surface area contributed by atoms with E-state index < -0.39 is 24.0 Å². The van der Waals surface area contributed by atoms with Gasteiger partial charge in [0.25, 0.3) is 0 Å². The lowest BCUT2D eigenvalue weighted by atomic mass is 9.98. The molecule has 2 aromatic carbocycles. The second-order valence-corrected chi connectivity index (χ2v) is 8.24. The molecule has 0 saturated carbocycles. The van der Waals surface area contributed by atoms with Gasteiger partial charge in [0, 0.05) is 31.5 Å². The number of aliphatic carboxylic acids is 1. The van der Waals surface area contributed by atoms with Crippen LogP contribution in [-0.4, -0.2) is 53.7 Å². The van der Waals surface area contributed by atoms with Gasteiger partial charge in [-0.1, -0.05) is 48.5 Å². The summed E-state index contributed by atoms with van der Waals surface area (Å²) in [6.45, 7) is 2.62. The van der Waals surface area contributed by atoms with Crippen LogP contribution < -0.4 is 5.32 Å². The highest BCUT2D eigenvalue weighted by molar-refractivity contribution is 5.80. The predicted molar refractivity (Wildman–Crippen MR) is 115 cm³/mol. The van der Waals surface area contributed by atoms with E-state index in [-0.39, 0.29) is 31.4 Å². The van der Waals surface area contributed by atoms with Gasteiger partial charge in [-0.15, -0.1) is 0 Å². The Balaban J connectivity index is 1.30. The first-order chi connectivity index (χ1) is 14.9. The molecule has 1 saturated heterocycles. The first-order valence-electron chi connectivity index (χ1n) is 10.6. The molecule has 0 spiro atoms. The maximum absolute atomic E-state index is 12.4. The molecule has 2 N–H and O–H groups in total. The number of ether oxygens (including phenoxy) is 1. The Kier molecular flexibility index (Phi) is 5.93. The van der Waals surface area contributed by atoms with Gasteiger partial charge >= 0.3 is 12.1 Å². The predicted octanol–water partition coefficient (Wildman–Crippen LogP) is 3.24. The average molecular weight is 422 g/mol. The fourth-order valence-electron chi connectivity index (χ4n) is 4.47. The number of hydrogen-bond donors (Lipinski definition) is 2. The third-order valence-electron chi connectivity index (χ3n) is 6.08. The fourth-order valence-corrected chi connectivity index (χ4v) is 4.47. The Morgan fingerprint density at radius 2 is 1.71 bits per heavy atom. The number of likely N-dealkylation sites (tertiary alicyclic amines) is 1. The number of carboxylic acids is 1. The van der Waals surface area contributed by atoms with Gasteiger partial charge in [-0.2, -0.15) is 0 Å². The summed E-state index contributed by atoms with van der Waals surface area (Å²) < 4.78 is 5.51. The molecule has 2 aliphatic rings. The first-order valence-corrected chi connectivity index (χ1v) is 10.6. The maximum Gasteiger partial charge on any atom is 0.407 e. The number of alkyl carbamates (subject to hydrolysis) is 1. The lowest BCUT2D eigenvalue weighted by molar-refractivity contribution is -0.141. The highest BCUT2D eigenvalue weighted by Gasteiger charge is 2.32. The van der Waals surface area contributed by atoms with Crippen LogP contribution in [0.4, 0.5) is 4.79 Å². The van der Waals surface area contributed by atoms with Crippen molar-refractivity contribution in [3.8, 4) is 11.1 Å². The van der Waals surface area contributed by atoms with E-state index in [1.165, 1.54) is 0 Å². The lowest BCUT2D eigenvalue weighted by Crippen LogP contribution is -2.39. The zero-order valence-electron chi connectivity index (χ0n) is 17.4. The van der Waals surface area contributed by atoms with Crippen LogP contribution >= 0.6 is 0 Å². The van der Waals surface area contributed by atoms with E-state index in [0.29, 0.717) is 13.0 Å². The number of carboxylic acid groups (broad SMARTS) is 1. The maximum atomic E-state index is 12.4. The van der Waals surface area contributed by atoms with Crippen LogP contribution in [0.5, 0.6) is 0 Å². The molecule has 1 fully saturated rings. The van der Waals surface area contributed by atoms with Crippen molar-refractivity contribution in [2.24, 2.45) is 5.92 Å². The highest BCUT2D eigenvalue weighted by atomic mass is 16.5. The summed E-state index contributed by atoms with van der Waals surface area (Å²) in [5.41, 5.74) is 4.61. The minimum atomic E-state index is -0.875. The van der Waals surface area contributed by atoms with Crippen molar-refractivity contribution in [1.29, 1.82) is 0 Å². The second-order valence-electron chi connectivity index (χ2n) is 8.24. The summed E-state index contributed by atoms with van der Waals surface area (Å²) in [4.78, 5) is 37.3. The van der Waals surface area contributed by atoms with Crippen molar-refractivity contribution in [1.82, 2.24) is 10.2 Å². The molecule has 0 bridgehead atoms. The van der Waals surface area contributed by atoms with Crippen LogP contribution in [0.25, 0.3) is 11.1 Å². The molecular weight excluding hydrogens is 396 g/mol. The largest absolute Gasteiger partial charge is 0.481 e. The molecule has 1 unspecified atom stereocenters. The number of fused-ring (bicyclic) bond motifs is 3. The van der Waals surface area contributed by atoms with Crippen molar-refractivity contribution in [3.63, 3.8) is 0 Å². The van der Waals surface area contributed by atoms with E-state index in [9.17, 15) is 14.4 Å². The quantitative estimate of drug-likeness (QED) is 0.745. The topological polar surface area (TPSA) is 95.9 Å². The number of carbonyl (C=O) groups is 3. The van der Waals surface area contributed by atoms with Gasteiger partial charge in [-0.05, 0) is 35.6 Å². The van der Waals surface area contributed by atoms with Crippen molar-refractivity contribution in [2.75, 3.05) is 19.7 Å². The Bertz CT molecular complexity index is 959.